The fraction of sp³-hybridized carbons (Fsp3) is 0.550. The van der Waals surface area contributed by atoms with E-state index >= 15 is 0 Å². The van der Waals surface area contributed by atoms with Crippen LogP contribution in [0.3, 0.4) is 0 Å². The van der Waals surface area contributed by atoms with E-state index in [0.717, 1.165) is 30.0 Å². The number of benzene rings is 1. The van der Waals surface area contributed by atoms with E-state index in [-0.39, 0.29) is 17.9 Å². The highest BCUT2D eigenvalue weighted by atomic mass is 35.5. The molecule has 3 rings (SSSR count). The van der Waals surface area contributed by atoms with E-state index in [4.69, 9.17) is 20.9 Å². The Kier molecular flexibility index (Phi) is 6.37. The first-order chi connectivity index (χ1) is 12.9. The van der Waals surface area contributed by atoms with Crippen molar-refractivity contribution in [1.82, 2.24) is 15.5 Å². The van der Waals surface area contributed by atoms with Gasteiger partial charge in [0.05, 0.1) is 6.61 Å². The molecule has 1 aromatic carbocycles. The van der Waals surface area contributed by atoms with Gasteiger partial charge in [-0.15, -0.1) is 0 Å². The summed E-state index contributed by atoms with van der Waals surface area (Å²) in [4.78, 5) is 16.8. The molecule has 0 bridgehead atoms. The third-order valence-corrected chi connectivity index (χ3v) is 4.83. The maximum atomic E-state index is 12.3. The first-order valence-corrected chi connectivity index (χ1v) is 9.83. The summed E-state index contributed by atoms with van der Waals surface area (Å²) in [5, 5.41) is 7.75. The average molecular weight is 392 g/mol. The molecule has 7 heteroatoms. The number of hydrogen-bond acceptors (Lipinski definition) is 5. The Balaban J connectivity index is 1.46. The summed E-state index contributed by atoms with van der Waals surface area (Å²) in [6.07, 6.45) is 3.23. The SMILES string of the molecule is Cc1cc(Cl)ccc1OCCCC(=O)NC(c1nc(C2CC2)no1)C(C)C. The Morgan fingerprint density at radius 2 is 2.19 bits per heavy atom. The van der Waals surface area contributed by atoms with Gasteiger partial charge in [0.25, 0.3) is 0 Å². The van der Waals surface area contributed by atoms with Gasteiger partial charge < -0.3 is 14.6 Å². The minimum absolute atomic E-state index is 0.0451. The summed E-state index contributed by atoms with van der Waals surface area (Å²) >= 11 is 5.94. The summed E-state index contributed by atoms with van der Waals surface area (Å²) in [6, 6.07) is 5.23. The quantitative estimate of drug-likeness (QED) is 0.633. The van der Waals surface area contributed by atoms with E-state index in [2.05, 4.69) is 15.5 Å². The molecule has 1 aliphatic rings. The van der Waals surface area contributed by atoms with Crippen LogP contribution in [0.1, 0.15) is 68.8 Å². The van der Waals surface area contributed by atoms with E-state index in [1.165, 1.54) is 0 Å². The number of nitrogens with zero attached hydrogens (tertiary/aromatic N) is 2. The van der Waals surface area contributed by atoms with Crippen molar-refractivity contribution < 1.29 is 14.1 Å². The minimum Gasteiger partial charge on any atom is -0.493 e. The Labute approximate surface area is 164 Å². The molecule has 1 unspecified atom stereocenters. The van der Waals surface area contributed by atoms with Crippen molar-refractivity contribution >= 4 is 17.5 Å². The number of aromatic nitrogens is 2. The highest BCUT2D eigenvalue weighted by Gasteiger charge is 2.31. The van der Waals surface area contributed by atoms with Crippen LogP contribution < -0.4 is 10.1 Å². The third-order valence-electron chi connectivity index (χ3n) is 4.59. The number of carbonyl (C=O) groups excluding carboxylic acids is 1. The zero-order chi connectivity index (χ0) is 19.4. The minimum atomic E-state index is -0.267. The van der Waals surface area contributed by atoms with Crippen LogP contribution in [0.2, 0.25) is 5.02 Å². The fourth-order valence-electron chi connectivity index (χ4n) is 2.83. The van der Waals surface area contributed by atoms with Crippen LogP contribution >= 0.6 is 11.6 Å². The van der Waals surface area contributed by atoms with Gasteiger partial charge in [0.15, 0.2) is 5.82 Å². The lowest BCUT2D eigenvalue weighted by molar-refractivity contribution is -0.122. The van der Waals surface area contributed by atoms with Gasteiger partial charge in [-0.25, -0.2) is 0 Å². The largest absolute Gasteiger partial charge is 0.493 e. The summed E-state index contributed by atoms with van der Waals surface area (Å²) < 4.78 is 11.1. The molecule has 1 saturated carbocycles. The highest BCUT2D eigenvalue weighted by Crippen LogP contribution is 2.38. The molecule has 6 nitrogen and oxygen atoms in total. The van der Waals surface area contributed by atoms with Crippen molar-refractivity contribution in [2.75, 3.05) is 6.61 Å². The van der Waals surface area contributed by atoms with Crippen molar-refractivity contribution in [3.63, 3.8) is 0 Å². The maximum absolute atomic E-state index is 12.3. The number of ether oxygens (including phenoxy) is 1. The molecule has 1 heterocycles. The van der Waals surface area contributed by atoms with Gasteiger partial charge in [0, 0.05) is 17.4 Å². The Hall–Kier alpha value is -2.08. The van der Waals surface area contributed by atoms with Gasteiger partial charge in [-0.1, -0.05) is 30.6 Å². The number of nitrogens with one attached hydrogen (secondary N) is 1. The molecule has 1 aromatic heterocycles. The van der Waals surface area contributed by atoms with E-state index in [9.17, 15) is 4.79 Å². The summed E-state index contributed by atoms with van der Waals surface area (Å²) in [5.41, 5.74) is 0.981. The van der Waals surface area contributed by atoms with E-state index < -0.39 is 0 Å². The third kappa shape index (κ3) is 5.45. The molecule has 1 N–H and O–H groups in total. The van der Waals surface area contributed by atoms with Crippen LogP contribution in [0.4, 0.5) is 0 Å². The van der Waals surface area contributed by atoms with Crippen LogP contribution in [-0.2, 0) is 4.79 Å². The lowest BCUT2D eigenvalue weighted by Crippen LogP contribution is -2.32. The van der Waals surface area contributed by atoms with Crippen LogP contribution in [0.15, 0.2) is 22.7 Å². The van der Waals surface area contributed by atoms with Gasteiger partial charge in [-0.05, 0) is 55.9 Å². The van der Waals surface area contributed by atoms with Crippen molar-refractivity contribution in [3.8, 4) is 5.75 Å². The van der Waals surface area contributed by atoms with Crippen LogP contribution in [0, 0.1) is 12.8 Å². The lowest BCUT2D eigenvalue weighted by Gasteiger charge is -2.18. The number of carbonyl (C=O) groups is 1. The molecule has 2 aromatic rings. The zero-order valence-electron chi connectivity index (χ0n) is 16.0. The Bertz CT molecular complexity index is 787. The molecule has 0 radical (unpaired) electrons. The Morgan fingerprint density at radius 3 is 2.85 bits per heavy atom. The highest BCUT2D eigenvalue weighted by molar-refractivity contribution is 6.30. The molecule has 1 amide bonds. The van der Waals surface area contributed by atoms with Gasteiger partial charge in [0.2, 0.25) is 11.8 Å². The molecule has 1 atom stereocenters. The van der Waals surface area contributed by atoms with Gasteiger partial charge >= 0.3 is 0 Å². The summed E-state index contributed by atoms with van der Waals surface area (Å²) in [5.74, 6) is 2.59. The van der Waals surface area contributed by atoms with Crippen molar-refractivity contribution in [2.24, 2.45) is 5.92 Å². The van der Waals surface area contributed by atoms with E-state index in [0.29, 0.717) is 36.3 Å². The van der Waals surface area contributed by atoms with Gasteiger partial charge in [-0.3, -0.25) is 4.79 Å². The predicted octanol–water partition coefficient (Wildman–Crippen LogP) is 4.58. The maximum Gasteiger partial charge on any atom is 0.249 e. The molecule has 146 valence electrons. The summed E-state index contributed by atoms with van der Waals surface area (Å²) in [6.45, 7) is 6.47. The number of hydrogen-bond donors (Lipinski definition) is 1. The van der Waals surface area contributed by atoms with Crippen LogP contribution in [0.25, 0.3) is 0 Å². The lowest BCUT2D eigenvalue weighted by atomic mass is 10.0. The van der Waals surface area contributed by atoms with Crippen molar-refractivity contribution in [1.29, 1.82) is 0 Å². The zero-order valence-corrected chi connectivity index (χ0v) is 16.8. The number of rotatable bonds is 9. The predicted molar refractivity (Wildman–Crippen MR) is 103 cm³/mol. The Morgan fingerprint density at radius 1 is 1.41 bits per heavy atom. The normalized spacial score (nSPS) is 15.0. The van der Waals surface area contributed by atoms with Gasteiger partial charge in [0.1, 0.15) is 11.8 Å². The smallest absolute Gasteiger partial charge is 0.249 e. The first-order valence-electron chi connectivity index (χ1n) is 9.46. The standard InChI is InChI=1S/C20H26ClN3O3/c1-12(2)18(20-23-19(24-27-20)14-6-7-14)22-17(25)5-4-10-26-16-9-8-15(21)11-13(16)3/h8-9,11-12,14,18H,4-7,10H2,1-3H3,(H,22,25). The second-order valence-electron chi connectivity index (χ2n) is 7.42. The number of aryl methyl sites for hydroxylation is 1. The van der Waals surface area contributed by atoms with Crippen molar-refractivity contribution in [3.05, 3.63) is 40.5 Å². The van der Waals surface area contributed by atoms with Crippen molar-refractivity contribution in [2.45, 2.75) is 58.4 Å². The number of halogens is 1. The molecule has 27 heavy (non-hydrogen) atoms. The monoisotopic (exact) mass is 391 g/mol. The molecular weight excluding hydrogens is 366 g/mol. The second-order valence-corrected chi connectivity index (χ2v) is 7.85. The number of amides is 1. The molecule has 1 fully saturated rings. The van der Waals surface area contributed by atoms with Crippen LogP contribution in [0.5, 0.6) is 5.75 Å². The second kappa shape index (κ2) is 8.74. The molecule has 0 aliphatic heterocycles. The molecular formula is C20H26ClN3O3. The topological polar surface area (TPSA) is 77.2 Å². The molecule has 0 spiro atoms. The molecule has 1 aliphatic carbocycles. The summed E-state index contributed by atoms with van der Waals surface area (Å²) in [7, 11) is 0. The van der Waals surface area contributed by atoms with Crippen LogP contribution in [-0.4, -0.2) is 22.7 Å². The van der Waals surface area contributed by atoms with E-state index in [1.807, 2.05) is 32.9 Å². The first kappa shape index (κ1) is 19.7. The fourth-order valence-corrected chi connectivity index (χ4v) is 3.06. The molecule has 0 saturated heterocycles. The van der Waals surface area contributed by atoms with E-state index in [1.54, 1.807) is 6.07 Å². The van der Waals surface area contributed by atoms with Gasteiger partial charge in [-0.2, -0.15) is 4.98 Å². The average Bonchev–Trinajstić information content (AvgIpc) is 3.35.